The molecule has 0 spiro atoms. The molecule has 2 aromatic rings. The lowest BCUT2D eigenvalue weighted by Crippen LogP contribution is -2.14. The van der Waals surface area contributed by atoms with Crippen LogP contribution < -0.4 is 15.8 Å². The van der Waals surface area contributed by atoms with Crippen molar-refractivity contribution in [1.82, 2.24) is 0 Å². The highest BCUT2D eigenvalue weighted by atomic mass is 16.5. The Morgan fingerprint density at radius 3 is 2.67 bits per heavy atom. The molecule has 21 heavy (non-hydrogen) atoms. The molecule has 4 nitrogen and oxygen atoms in total. The van der Waals surface area contributed by atoms with Crippen LogP contribution in [0.15, 0.2) is 48.5 Å². The molecule has 1 aliphatic rings. The largest absolute Gasteiger partial charge is 0.495 e. The average molecular weight is 282 g/mol. The molecule has 0 aromatic heterocycles. The van der Waals surface area contributed by atoms with Crippen LogP contribution in [0, 0.1) is 5.92 Å². The highest BCUT2D eigenvalue weighted by molar-refractivity contribution is 5.95. The fourth-order valence-electron chi connectivity index (χ4n) is 2.60. The molecular formula is C17H18N2O2. The van der Waals surface area contributed by atoms with Gasteiger partial charge in [0.2, 0.25) is 5.91 Å². The molecule has 2 unspecified atom stereocenters. The van der Waals surface area contributed by atoms with Crippen LogP contribution in [0.5, 0.6) is 5.75 Å². The van der Waals surface area contributed by atoms with Crippen molar-refractivity contribution in [3.05, 3.63) is 54.1 Å². The van der Waals surface area contributed by atoms with Crippen LogP contribution in [0.3, 0.4) is 0 Å². The minimum absolute atomic E-state index is 0.0495. The molecule has 3 rings (SSSR count). The molecule has 0 aliphatic heterocycles. The van der Waals surface area contributed by atoms with Gasteiger partial charge in [0.15, 0.2) is 0 Å². The van der Waals surface area contributed by atoms with E-state index in [1.54, 1.807) is 25.3 Å². The lowest BCUT2D eigenvalue weighted by atomic mass is 10.1. The van der Waals surface area contributed by atoms with Crippen molar-refractivity contribution in [2.75, 3.05) is 18.2 Å². The number of ether oxygens (including phenoxy) is 1. The van der Waals surface area contributed by atoms with Gasteiger partial charge in [0.25, 0.3) is 0 Å². The number of rotatable bonds is 4. The van der Waals surface area contributed by atoms with Crippen LogP contribution in [-0.2, 0) is 4.79 Å². The summed E-state index contributed by atoms with van der Waals surface area (Å²) in [5.41, 5.74) is 8.29. The Hall–Kier alpha value is -2.49. The Morgan fingerprint density at radius 1 is 1.24 bits per heavy atom. The van der Waals surface area contributed by atoms with Crippen molar-refractivity contribution < 1.29 is 9.53 Å². The van der Waals surface area contributed by atoms with Gasteiger partial charge in [0.05, 0.1) is 12.8 Å². The Morgan fingerprint density at radius 2 is 2.00 bits per heavy atom. The van der Waals surface area contributed by atoms with Crippen molar-refractivity contribution in [3.8, 4) is 5.75 Å². The molecule has 0 heterocycles. The Balaban J connectivity index is 1.64. The van der Waals surface area contributed by atoms with Crippen molar-refractivity contribution in [1.29, 1.82) is 0 Å². The van der Waals surface area contributed by atoms with Crippen LogP contribution in [-0.4, -0.2) is 13.0 Å². The zero-order valence-electron chi connectivity index (χ0n) is 11.9. The van der Waals surface area contributed by atoms with Crippen LogP contribution in [0.2, 0.25) is 0 Å². The Bertz CT molecular complexity index is 655. The third-order valence-corrected chi connectivity index (χ3v) is 3.85. The van der Waals surface area contributed by atoms with E-state index in [-0.39, 0.29) is 11.8 Å². The number of anilines is 2. The van der Waals surface area contributed by atoms with E-state index in [1.807, 2.05) is 18.2 Å². The molecule has 4 heteroatoms. The highest BCUT2D eigenvalue weighted by Crippen LogP contribution is 2.47. The van der Waals surface area contributed by atoms with Gasteiger partial charge in [0.1, 0.15) is 5.75 Å². The zero-order valence-corrected chi connectivity index (χ0v) is 11.9. The van der Waals surface area contributed by atoms with Crippen molar-refractivity contribution in [2.24, 2.45) is 5.92 Å². The van der Waals surface area contributed by atoms with Gasteiger partial charge in [-0.1, -0.05) is 30.3 Å². The predicted octanol–water partition coefficient (Wildman–Crippen LogP) is 3.02. The number of nitrogens with one attached hydrogen (secondary N) is 1. The maximum Gasteiger partial charge on any atom is 0.228 e. The van der Waals surface area contributed by atoms with Crippen molar-refractivity contribution >= 4 is 17.3 Å². The van der Waals surface area contributed by atoms with E-state index in [0.717, 1.165) is 6.42 Å². The molecule has 0 bridgehead atoms. The number of methoxy groups -OCH3 is 1. The summed E-state index contributed by atoms with van der Waals surface area (Å²) in [7, 11) is 1.57. The van der Waals surface area contributed by atoms with E-state index >= 15 is 0 Å². The normalized spacial score (nSPS) is 19.9. The number of nitrogen functional groups attached to an aromatic ring is 1. The van der Waals surface area contributed by atoms with E-state index in [2.05, 4.69) is 17.4 Å². The summed E-state index contributed by atoms with van der Waals surface area (Å²) < 4.78 is 5.10. The van der Waals surface area contributed by atoms with Crippen LogP contribution >= 0.6 is 0 Å². The minimum Gasteiger partial charge on any atom is -0.495 e. The molecule has 0 saturated heterocycles. The summed E-state index contributed by atoms with van der Waals surface area (Å²) in [6.07, 6.45) is 0.904. The molecule has 108 valence electrons. The molecule has 1 saturated carbocycles. The second-order valence-corrected chi connectivity index (χ2v) is 5.31. The Kier molecular flexibility index (Phi) is 3.52. The topological polar surface area (TPSA) is 64.3 Å². The van der Waals surface area contributed by atoms with Gasteiger partial charge in [-0.3, -0.25) is 4.79 Å². The standard InChI is InChI=1S/C17H18N2O2/c1-21-16-8-7-12(9-15(16)18)19-17(20)14-10-13(14)11-5-3-2-4-6-11/h2-9,13-14H,10,18H2,1H3,(H,19,20). The van der Waals surface area contributed by atoms with Gasteiger partial charge >= 0.3 is 0 Å². The van der Waals surface area contributed by atoms with Crippen molar-refractivity contribution in [3.63, 3.8) is 0 Å². The molecule has 0 radical (unpaired) electrons. The molecular weight excluding hydrogens is 264 g/mol. The van der Waals surface area contributed by atoms with E-state index in [1.165, 1.54) is 5.56 Å². The van der Waals surface area contributed by atoms with Gasteiger partial charge in [-0.05, 0) is 36.1 Å². The second kappa shape index (κ2) is 5.48. The quantitative estimate of drug-likeness (QED) is 0.847. The SMILES string of the molecule is COc1ccc(NC(=O)C2CC2c2ccccc2)cc1N. The Labute approximate surface area is 123 Å². The van der Waals surface area contributed by atoms with E-state index in [0.29, 0.717) is 23.0 Å². The van der Waals surface area contributed by atoms with Crippen molar-refractivity contribution in [2.45, 2.75) is 12.3 Å². The van der Waals surface area contributed by atoms with Gasteiger partial charge in [-0.15, -0.1) is 0 Å². The third-order valence-electron chi connectivity index (χ3n) is 3.85. The first kappa shape index (κ1) is 13.5. The summed E-state index contributed by atoms with van der Waals surface area (Å²) in [4.78, 5) is 12.2. The van der Waals surface area contributed by atoms with Gasteiger partial charge < -0.3 is 15.8 Å². The molecule has 2 aromatic carbocycles. The van der Waals surface area contributed by atoms with Gasteiger partial charge in [-0.25, -0.2) is 0 Å². The maximum atomic E-state index is 12.2. The average Bonchev–Trinajstić information content (AvgIpc) is 3.29. The minimum atomic E-state index is 0.0495. The number of benzene rings is 2. The van der Waals surface area contributed by atoms with Gasteiger partial charge in [0, 0.05) is 11.6 Å². The monoisotopic (exact) mass is 282 g/mol. The van der Waals surface area contributed by atoms with E-state index < -0.39 is 0 Å². The fraction of sp³-hybridized carbons (Fsp3) is 0.235. The number of carbonyl (C=O) groups is 1. The fourth-order valence-corrected chi connectivity index (χ4v) is 2.60. The first-order chi connectivity index (χ1) is 10.2. The molecule has 2 atom stereocenters. The first-order valence-corrected chi connectivity index (χ1v) is 6.98. The summed E-state index contributed by atoms with van der Waals surface area (Å²) in [6.45, 7) is 0. The highest BCUT2D eigenvalue weighted by Gasteiger charge is 2.43. The lowest BCUT2D eigenvalue weighted by molar-refractivity contribution is -0.117. The second-order valence-electron chi connectivity index (χ2n) is 5.31. The predicted molar refractivity (Wildman–Crippen MR) is 83.3 cm³/mol. The molecule has 1 amide bonds. The smallest absolute Gasteiger partial charge is 0.228 e. The zero-order chi connectivity index (χ0) is 14.8. The summed E-state index contributed by atoms with van der Waals surface area (Å²) in [5, 5.41) is 2.92. The summed E-state index contributed by atoms with van der Waals surface area (Å²) in [6, 6.07) is 15.4. The van der Waals surface area contributed by atoms with Gasteiger partial charge in [-0.2, -0.15) is 0 Å². The summed E-state index contributed by atoms with van der Waals surface area (Å²) >= 11 is 0. The number of hydrogen-bond donors (Lipinski definition) is 2. The van der Waals surface area contributed by atoms with Crippen LogP contribution in [0.4, 0.5) is 11.4 Å². The number of carbonyl (C=O) groups excluding carboxylic acids is 1. The maximum absolute atomic E-state index is 12.2. The summed E-state index contributed by atoms with van der Waals surface area (Å²) in [5.74, 6) is 1.05. The molecule has 1 aliphatic carbocycles. The van der Waals surface area contributed by atoms with E-state index in [9.17, 15) is 4.79 Å². The molecule has 1 fully saturated rings. The van der Waals surface area contributed by atoms with Crippen LogP contribution in [0.1, 0.15) is 17.9 Å². The first-order valence-electron chi connectivity index (χ1n) is 6.98. The number of amides is 1. The number of nitrogens with two attached hydrogens (primary N) is 1. The van der Waals surface area contributed by atoms with E-state index in [4.69, 9.17) is 10.5 Å². The van der Waals surface area contributed by atoms with Crippen LogP contribution in [0.25, 0.3) is 0 Å². The molecule has 3 N–H and O–H groups in total. The third kappa shape index (κ3) is 2.84. The lowest BCUT2D eigenvalue weighted by Gasteiger charge is -2.08. The number of hydrogen-bond acceptors (Lipinski definition) is 3.